The van der Waals surface area contributed by atoms with Gasteiger partial charge in [-0.3, -0.25) is 4.99 Å². The van der Waals surface area contributed by atoms with Crippen molar-refractivity contribution < 1.29 is 5.11 Å². The first-order valence-corrected chi connectivity index (χ1v) is 4.33. The number of rotatable bonds is 2. The summed E-state index contributed by atoms with van der Waals surface area (Å²) >= 11 is 3.29. The van der Waals surface area contributed by atoms with Crippen molar-refractivity contribution in [3.8, 4) is 0 Å². The number of aliphatic imine (C=N–C) groups is 1. The number of aliphatic hydroxyl groups is 1. The van der Waals surface area contributed by atoms with Crippen LogP contribution in [0.5, 0.6) is 0 Å². The Morgan fingerprint density at radius 2 is 2.45 bits per heavy atom. The largest absolute Gasteiger partial charge is 0.399 e. The highest BCUT2D eigenvalue weighted by atomic mass is 79.9. The summed E-state index contributed by atoms with van der Waals surface area (Å²) < 4.78 is 0.775. The Labute approximate surface area is 74.1 Å². The van der Waals surface area contributed by atoms with Crippen molar-refractivity contribution in [2.24, 2.45) is 10.7 Å². The Hall–Kier alpha value is -0.350. The normalized spacial score (nSPS) is 19.6. The second-order valence-electron chi connectivity index (χ2n) is 2.43. The molecule has 0 bridgehead atoms. The molecule has 0 spiro atoms. The van der Waals surface area contributed by atoms with E-state index < -0.39 is 0 Å². The fraction of sp³-hybridized carbons (Fsp3) is 0.571. The van der Waals surface area contributed by atoms with Gasteiger partial charge < -0.3 is 10.8 Å². The summed E-state index contributed by atoms with van der Waals surface area (Å²) in [4.78, 5) is 4.23. The maximum absolute atomic E-state index is 8.70. The van der Waals surface area contributed by atoms with Gasteiger partial charge in [0.25, 0.3) is 0 Å². The van der Waals surface area contributed by atoms with Gasteiger partial charge in [0.1, 0.15) is 0 Å². The molecule has 1 aliphatic rings. The molecule has 0 aromatic rings. The molecule has 0 aliphatic carbocycles. The minimum absolute atomic E-state index is 0.112. The van der Waals surface area contributed by atoms with Crippen LogP contribution in [-0.4, -0.2) is 24.0 Å². The van der Waals surface area contributed by atoms with Crippen LogP contribution in [-0.2, 0) is 0 Å². The fourth-order valence-electron chi connectivity index (χ4n) is 0.973. The van der Waals surface area contributed by atoms with E-state index >= 15 is 0 Å². The van der Waals surface area contributed by atoms with Crippen molar-refractivity contribution >= 4 is 21.6 Å². The van der Waals surface area contributed by atoms with E-state index in [4.69, 9.17) is 10.8 Å². The van der Waals surface area contributed by atoms with Gasteiger partial charge in [-0.15, -0.1) is 0 Å². The van der Waals surface area contributed by atoms with E-state index in [0.29, 0.717) is 5.70 Å². The molecule has 0 saturated carbocycles. The van der Waals surface area contributed by atoms with E-state index in [1.54, 1.807) is 0 Å². The third kappa shape index (κ3) is 2.04. The number of halogens is 1. The molecule has 1 aliphatic heterocycles. The van der Waals surface area contributed by atoms with Gasteiger partial charge in [0.05, 0.1) is 22.5 Å². The minimum Gasteiger partial charge on any atom is -0.399 e. The summed E-state index contributed by atoms with van der Waals surface area (Å²) in [5, 5.41) is 8.70. The minimum atomic E-state index is -0.112. The van der Waals surface area contributed by atoms with Crippen LogP contribution in [0.4, 0.5) is 0 Å². The number of hydrogen-bond donors (Lipinski definition) is 2. The van der Waals surface area contributed by atoms with Crippen LogP contribution in [0, 0.1) is 0 Å². The van der Waals surface area contributed by atoms with Crippen molar-refractivity contribution in [1.29, 1.82) is 0 Å². The van der Waals surface area contributed by atoms with Gasteiger partial charge in [-0.05, 0) is 28.8 Å². The lowest BCUT2D eigenvalue weighted by atomic mass is 10.2. The van der Waals surface area contributed by atoms with E-state index in [1.807, 2.05) is 0 Å². The molecule has 1 heterocycles. The quantitative estimate of drug-likeness (QED) is 0.720. The second kappa shape index (κ2) is 3.88. The Morgan fingerprint density at radius 3 is 2.91 bits per heavy atom. The van der Waals surface area contributed by atoms with Gasteiger partial charge in [-0.2, -0.15) is 0 Å². The van der Waals surface area contributed by atoms with E-state index in [9.17, 15) is 0 Å². The molecule has 3 nitrogen and oxygen atoms in total. The van der Waals surface area contributed by atoms with Crippen LogP contribution < -0.4 is 5.73 Å². The van der Waals surface area contributed by atoms with Gasteiger partial charge >= 0.3 is 0 Å². The standard InChI is InChI=1S/C7H11BrN2O/c8-7(5(9)4-11)6-2-1-3-10-6/h11H,1-4,9H2. The molecular weight excluding hydrogens is 208 g/mol. The van der Waals surface area contributed by atoms with Gasteiger partial charge in [0.15, 0.2) is 0 Å². The van der Waals surface area contributed by atoms with Crippen LogP contribution >= 0.6 is 15.9 Å². The van der Waals surface area contributed by atoms with Gasteiger partial charge in [-0.25, -0.2) is 0 Å². The molecule has 0 atom stereocenters. The molecule has 62 valence electrons. The first-order valence-electron chi connectivity index (χ1n) is 3.54. The molecular formula is C7H11BrN2O. The molecule has 11 heavy (non-hydrogen) atoms. The Morgan fingerprint density at radius 1 is 1.73 bits per heavy atom. The molecule has 0 saturated heterocycles. The zero-order valence-corrected chi connectivity index (χ0v) is 7.76. The molecule has 0 radical (unpaired) electrons. The zero-order valence-electron chi connectivity index (χ0n) is 6.18. The fourth-order valence-corrected chi connectivity index (χ4v) is 1.42. The molecule has 4 heteroatoms. The van der Waals surface area contributed by atoms with E-state index in [1.165, 1.54) is 0 Å². The van der Waals surface area contributed by atoms with Crippen LogP contribution in [0.3, 0.4) is 0 Å². The summed E-state index contributed by atoms with van der Waals surface area (Å²) in [6.07, 6.45) is 2.05. The SMILES string of the molecule is NC(CO)=C(Br)C1=NCCC1. The monoisotopic (exact) mass is 218 g/mol. The lowest BCUT2D eigenvalue weighted by Crippen LogP contribution is -2.08. The lowest BCUT2D eigenvalue weighted by Gasteiger charge is -2.01. The molecule has 0 aromatic heterocycles. The van der Waals surface area contributed by atoms with Crippen molar-refractivity contribution in [2.75, 3.05) is 13.2 Å². The topological polar surface area (TPSA) is 58.6 Å². The van der Waals surface area contributed by atoms with Gasteiger partial charge in [0, 0.05) is 6.54 Å². The average Bonchev–Trinajstić information content (AvgIpc) is 2.53. The molecule has 1 rings (SSSR count). The van der Waals surface area contributed by atoms with E-state index in [0.717, 1.165) is 29.6 Å². The van der Waals surface area contributed by atoms with Crippen LogP contribution in [0.25, 0.3) is 0 Å². The summed E-state index contributed by atoms with van der Waals surface area (Å²) in [7, 11) is 0. The lowest BCUT2D eigenvalue weighted by molar-refractivity contribution is 0.329. The third-order valence-electron chi connectivity index (χ3n) is 1.58. The maximum atomic E-state index is 8.70. The molecule has 0 amide bonds. The Kier molecular flexibility index (Phi) is 3.08. The summed E-state index contributed by atoms with van der Waals surface area (Å²) in [6.45, 7) is 0.767. The van der Waals surface area contributed by atoms with Gasteiger partial charge in [0.2, 0.25) is 0 Å². The van der Waals surface area contributed by atoms with E-state index in [-0.39, 0.29) is 6.61 Å². The smallest absolute Gasteiger partial charge is 0.0837 e. The number of hydrogen-bond acceptors (Lipinski definition) is 3. The van der Waals surface area contributed by atoms with Crippen molar-refractivity contribution in [1.82, 2.24) is 0 Å². The molecule has 3 N–H and O–H groups in total. The first-order chi connectivity index (χ1) is 5.25. The first kappa shape index (κ1) is 8.74. The summed E-state index contributed by atoms with van der Waals surface area (Å²) in [5.74, 6) is 0. The van der Waals surface area contributed by atoms with Crippen LogP contribution in [0.2, 0.25) is 0 Å². The Balaban J connectivity index is 2.73. The van der Waals surface area contributed by atoms with Gasteiger partial charge in [-0.1, -0.05) is 0 Å². The second-order valence-corrected chi connectivity index (χ2v) is 3.22. The average molecular weight is 219 g/mol. The number of aliphatic hydroxyl groups excluding tert-OH is 1. The predicted molar refractivity (Wildman–Crippen MR) is 48.8 cm³/mol. The molecule has 0 aromatic carbocycles. The van der Waals surface area contributed by atoms with Crippen LogP contribution in [0.15, 0.2) is 15.2 Å². The number of nitrogens with two attached hydrogens (primary N) is 1. The predicted octanol–water partition coefficient (Wildman–Crippen LogP) is 0.779. The van der Waals surface area contributed by atoms with Crippen LogP contribution in [0.1, 0.15) is 12.8 Å². The molecule has 0 unspecified atom stereocenters. The van der Waals surface area contributed by atoms with Crippen molar-refractivity contribution in [3.05, 3.63) is 10.2 Å². The zero-order chi connectivity index (χ0) is 8.27. The maximum Gasteiger partial charge on any atom is 0.0837 e. The van der Waals surface area contributed by atoms with Crippen molar-refractivity contribution in [3.63, 3.8) is 0 Å². The number of allylic oxidation sites excluding steroid dienone is 1. The van der Waals surface area contributed by atoms with E-state index in [2.05, 4.69) is 20.9 Å². The number of nitrogens with zero attached hydrogens (tertiary/aromatic N) is 1. The third-order valence-corrected chi connectivity index (χ3v) is 2.55. The highest BCUT2D eigenvalue weighted by Gasteiger charge is 2.11. The highest BCUT2D eigenvalue weighted by molar-refractivity contribution is 9.12. The Bertz CT molecular complexity index is 210. The van der Waals surface area contributed by atoms with Crippen molar-refractivity contribution in [2.45, 2.75) is 12.8 Å². The highest BCUT2D eigenvalue weighted by Crippen LogP contribution is 2.18. The summed E-state index contributed by atoms with van der Waals surface area (Å²) in [5.41, 5.74) is 6.94. The molecule has 0 fully saturated rings. The summed E-state index contributed by atoms with van der Waals surface area (Å²) in [6, 6.07) is 0.